The molecule has 2 fully saturated rings. The molecular formula is C25H33N3O2S. The molecule has 0 atom stereocenters. The van der Waals surface area contributed by atoms with Crippen molar-refractivity contribution in [1.82, 2.24) is 4.90 Å². The Morgan fingerprint density at radius 2 is 1.81 bits per heavy atom. The molecular weight excluding hydrogens is 406 g/mol. The minimum Gasteiger partial charge on any atom is -0.377 e. The topological polar surface area (TPSA) is 52.7 Å². The molecule has 1 heterocycles. The van der Waals surface area contributed by atoms with Gasteiger partial charge in [-0.3, -0.25) is 9.59 Å². The van der Waals surface area contributed by atoms with E-state index in [1.165, 1.54) is 30.6 Å². The van der Waals surface area contributed by atoms with Crippen LogP contribution in [0.5, 0.6) is 0 Å². The van der Waals surface area contributed by atoms with E-state index < -0.39 is 0 Å². The highest BCUT2D eigenvalue weighted by Crippen LogP contribution is 2.32. The standard InChI is InChI=1S/C25H33N3O2S/c1-27(2)22-14-13-20(26-24(29)18-8-6-9-18)16-19(22)17-28(21-10-4-3-5-11-21)25(30)23-12-7-15-31-23/h7,12-16,18,21H,3-6,8-11,17H2,1-2H3,(H,26,29). The second-order valence-electron chi connectivity index (χ2n) is 9.06. The molecule has 2 aliphatic carbocycles. The molecule has 0 bridgehead atoms. The van der Waals surface area contributed by atoms with Crippen molar-refractivity contribution in [2.24, 2.45) is 5.92 Å². The van der Waals surface area contributed by atoms with Crippen LogP contribution in [0.25, 0.3) is 0 Å². The number of carbonyl (C=O) groups excluding carboxylic acids is 2. The third-order valence-electron chi connectivity index (χ3n) is 6.65. The molecule has 5 nitrogen and oxygen atoms in total. The summed E-state index contributed by atoms with van der Waals surface area (Å²) in [6, 6.07) is 10.2. The van der Waals surface area contributed by atoms with E-state index in [1.807, 2.05) is 37.7 Å². The Balaban J connectivity index is 1.61. The van der Waals surface area contributed by atoms with Gasteiger partial charge in [0.05, 0.1) is 4.88 Å². The second kappa shape index (κ2) is 9.86. The SMILES string of the molecule is CN(C)c1ccc(NC(=O)C2CCC2)cc1CN(C(=O)c1cccs1)C1CCCCC1. The number of thiophene rings is 1. The third-order valence-corrected chi connectivity index (χ3v) is 7.51. The summed E-state index contributed by atoms with van der Waals surface area (Å²) in [7, 11) is 4.05. The summed E-state index contributed by atoms with van der Waals surface area (Å²) in [5, 5.41) is 5.07. The van der Waals surface area contributed by atoms with Crippen molar-refractivity contribution < 1.29 is 9.59 Å². The third kappa shape index (κ3) is 5.12. The highest BCUT2D eigenvalue weighted by Gasteiger charge is 2.29. The van der Waals surface area contributed by atoms with Gasteiger partial charge in [-0.1, -0.05) is 31.7 Å². The number of carbonyl (C=O) groups is 2. The first-order chi connectivity index (χ1) is 15.0. The van der Waals surface area contributed by atoms with Gasteiger partial charge in [0.25, 0.3) is 5.91 Å². The first kappa shape index (κ1) is 21.9. The molecule has 2 amide bonds. The van der Waals surface area contributed by atoms with Gasteiger partial charge in [-0.15, -0.1) is 11.3 Å². The molecule has 166 valence electrons. The van der Waals surface area contributed by atoms with E-state index in [4.69, 9.17) is 0 Å². The van der Waals surface area contributed by atoms with Crippen LogP contribution in [0.2, 0.25) is 0 Å². The Hall–Kier alpha value is -2.34. The number of hydrogen-bond donors (Lipinski definition) is 1. The molecule has 0 radical (unpaired) electrons. The maximum Gasteiger partial charge on any atom is 0.264 e. The second-order valence-corrected chi connectivity index (χ2v) is 10.0. The summed E-state index contributed by atoms with van der Waals surface area (Å²) in [6.45, 7) is 0.558. The maximum absolute atomic E-state index is 13.4. The zero-order valence-corrected chi connectivity index (χ0v) is 19.4. The van der Waals surface area contributed by atoms with Crippen LogP contribution >= 0.6 is 11.3 Å². The molecule has 6 heteroatoms. The first-order valence-electron chi connectivity index (χ1n) is 11.5. The zero-order valence-electron chi connectivity index (χ0n) is 18.6. The molecule has 0 saturated heterocycles. The highest BCUT2D eigenvalue weighted by atomic mass is 32.1. The minimum absolute atomic E-state index is 0.119. The summed E-state index contributed by atoms with van der Waals surface area (Å²) >= 11 is 1.51. The molecule has 2 saturated carbocycles. The van der Waals surface area contributed by atoms with E-state index in [0.29, 0.717) is 6.54 Å². The van der Waals surface area contributed by atoms with Gasteiger partial charge in [0, 0.05) is 44.0 Å². The van der Waals surface area contributed by atoms with E-state index in [9.17, 15) is 9.59 Å². The Morgan fingerprint density at radius 3 is 2.42 bits per heavy atom. The smallest absolute Gasteiger partial charge is 0.264 e. The predicted octanol–water partition coefficient (Wildman–Crippen LogP) is 5.53. The van der Waals surface area contributed by atoms with Crippen molar-refractivity contribution in [1.29, 1.82) is 0 Å². The minimum atomic E-state index is 0.119. The Labute approximate surface area is 189 Å². The predicted molar refractivity (Wildman–Crippen MR) is 128 cm³/mol. The summed E-state index contributed by atoms with van der Waals surface area (Å²) in [5.41, 5.74) is 2.98. The average Bonchev–Trinajstić information content (AvgIpc) is 3.25. The lowest BCUT2D eigenvalue weighted by Gasteiger charge is -2.35. The summed E-state index contributed by atoms with van der Waals surface area (Å²) in [5.74, 6) is 0.389. The van der Waals surface area contributed by atoms with Crippen LogP contribution in [0, 0.1) is 5.92 Å². The molecule has 1 aromatic carbocycles. The van der Waals surface area contributed by atoms with E-state index in [0.717, 1.165) is 53.9 Å². The first-order valence-corrected chi connectivity index (χ1v) is 12.4. The molecule has 0 unspecified atom stereocenters. The quantitative estimate of drug-likeness (QED) is 0.617. The van der Waals surface area contributed by atoms with Crippen molar-refractivity contribution in [3.63, 3.8) is 0 Å². The van der Waals surface area contributed by atoms with Crippen LogP contribution in [-0.2, 0) is 11.3 Å². The van der Waals surface area contributed by atoms with Gasteiger partial charge in [0.2, 0.25) is 5.91 Å². The molecule has 0 aliphatic heterocycles. The fourth-order valence-corrected chi connectivity index (χ4v) is 5.30. The number of rotatable bonds is 7. The van der Waals surface area contributed by atoms with Gasteiger partial charge < -0.3 is 15.1 Å². The normalized spacial score (nSPS) is 17.1. The number of anilines is 2. The van der Waals surface area contributed by atoms with Gasteiger partial charge in [-0.25, -0.2) is 0 Å². The lowest BCUT2D eigenvalue weighted by atomic mass is 9.85. The van der Waals surface area contributed by atoms with Crippen molar-refractivity contribution >= 4 is 34.5 Å². The van der Waals surface area contributed by atoms with Gasteiger partial charge in [0.1, 0.15) is 0 Å². The fraction of sp³-hybridized carbons (Fsp3) is 0.520. The lowest BCUT2D eigenvalue weighted by molar-refractivity contribution is -0.122. The molecule has 4 rings (SSSR count). The van der Waals surface area contributed by atoms with Crippen LogP contribution in [0.4, 0.5) is 11.4 Å². The van der Waals surface area contributed by atoms with Crippen LogP contribution < -0.4 is 10.2 Å². The molecule has 31 heavy (non-hydrogen) atoms. The molecule has 1 N–H and O–H groups in total. The number of benzene rings is 1. The molecule has 2 aliphatic rings. The lowest BCUT2D eigenvalue weighted by Crippen LogP contribution is -2.41. The van der Waals surface area contributed by atoms with Crippen molar-refractivity contribution in [3.05, 3.63) is 46.2 Å². The molecule has 2 aromatic rings. The Morgan fingerprint density at radius 1 is 1.03 bits per heavy atom. The van der Waals surface area contributed by atoms with Crippen LogP contribution in [0.1, 0.15) is 66.6 Å². The zero-order chi connectivity index (χ0) is 21.8. The number of amides is 2. The van der Waals surface area contributed by atoms with Gasteiger partial charge in [-0.05, 0) is 60.9 Å². The summed E-state index contributed by atoms with van der Waals surface area (Å²) < 4.78 is 0. The summed E-state index contributed by atoms with van der Waals surface area (Å²) in [4.78, 5) is 30.9. The maximum atomic E-state index is 13.4. The van der Waals surface area contributed by atoms with Gasteiger partial charge >= 0.3 is 0 Å². The summed E-state index contributed by atoms with van der Waals surface area (Å²) in [6.07, 6.45) is 8.85. The van der Waals surface area contributed by atoms with E-state index >= 15 is 0 Å². The largest absolute Gasteiger partial charge is 0.377 e. The molecule has 0 spiro atoms. The van der Waals surface area contributed by atoms with Crippen LogP contribution in [-0.4, -0.2) is 36.9 Å². The van der Waals surface area contributed by atoms with Crippen molar-refractivity contribution in [2.75, 3.05) is 24.3 Å². The Bertz CT molecular complexity index is 899. The van der Waals surface area contributed by atoms with Crippen molar-refractivity contribution in [2.45, 2.75) is 64.0 Å². The van der Waals surface area contributed by atoms with Crippen molar-refractivity contribution in [3.8, 4) is 0 Å². The number of nitrogens with zero attached hydrogens (tertiary/aromatic N) is 2. The monoisotopic (exact) mass is 439 g/mol. The highest BCUT2D eigenvalue weighted by molar-refractivity contribution is 7.12. The van der Waals surface area contributed by atoms with E-state index in [2.05, 4.69) is 27.2 Å². The van der Waals surface area contributed by atoms with Gasteiger partial charge in [-0.2, -0.15) is 0 Å². The average molecular weight is 440 g/mol. The van der Waals surface area contributed by atoms with Crippen LogP contribution in [0.3, 0.4) is 0 Å². The Kier molecular flexibility index (Phi) is 6.96. The fourth-order valence-electron chi connectivity index (χ4n) is 4.63. The van der Waals surface area contributed by atoms with Crippen LogP contribution in [0.15, 0.2) is 35.7 Å². The number of nitrogens with one attached hydrogen (secondary N) is 1. The van der Waals surface area contributed by atoms with Gasteiger partial charge in [0.15, 0.2) is 0 Å². The number of hydrogen-bond acceptors (Lipinski definition) is 4. The van der Waals surface area contributed by atoms with E-state index in [1.54, 1.807) is 0 Å². The molecule has 1 aromatic heterocycles. The van der Waals surface area contributed by atoms with E-state index in [-0.39, 0.29) is 23.8 Å².